The van der Waals surface area contributed by atoms with Crippen LogP contribution in [0.25, 0.3) is 22.2 Å². The zero-order valence-electron chi connectivity index (χ0n) is 17.1. The van der Waals surface area contributed by atoms with Crippen LogP contribution in [0.5, 0.6) is 5.75 Å². The van der Waals surface area contributed by atoms with Gasteiger partial charge in [0.25, 0.3) is 0 Å². The number of nitriles is 1. The molecule has 1 heterocycles. The zero-order valence-corrected chi connectivity index (χ0v) is 17.9. The molecule has 0 saturated carbocycles. The fourth-order valence-electron chi connectivity index (χ4n) is 2.89. The Labute approximate surface area is 169 Å². The Balaban J connectivity index is 0.000000878. The fraction of sp³-hybridized carbons (Fsp3) is 0.318. The van der Waals surface area contributed by atoms with Gasteiger partial charge in [0.2, 0.25) is 0 Å². The maximum absolute atomic E-state index is 11.6. The fourth-order valence-corrected chi connectivity index (χ4v) is 3.44. The van der Waals surface area contributed by atoms with Crippen molar-refractivity contribution in [3.63, 3.8) is 0 Å². The normalized spacial score (nSPS) is 11.3. The van der Waals surface area contributed by atoms with Gasteiger partial charge in [-0.2, -0.15) is 5.26 Å². The van der Waals surface area contributed by atoms with Crippen molar-refractivity contribution in [2.45, 2.75) is 27.2 Å². The molecule has 6 heteroatoms. The third-order valence-corrected chi connectivity index (χ3v) is 5.16. The van der Waals surface area contributed by atoms with Crippen LogP contribution >= 0.6 is 0 Å². The molecule has 3 rings (SSSR count). The topological polar surface area (TPSA) is 67.1 Å². The van der Waals surface area contributed by atoms with Gasteiger partial charge in [0.05, 0.1) is 23.9 Å². The average Bonchev–Trinajstić information content (AvgIpc) is 3.00. The van der Waals surface area contributed by atoms with Crippen LogP contribution in [-0.4, -0.2) is 21.6 Å². The lowest BCUT2D eigenvalue weighted by atomic mass is 10.1. The highest BCUT2D eigenvalue weighted by Crippen LogP contribution is 2.34. The third-order valence-electron chi connectivity index (χ3n) is 4.17. The molecular weight excluding hydrogens is 370 g/mol. The van der Waals surface area contributed by atoms with Crippen LogP contribution in [0.2, 0.25) is 0 Å². The number of ether oxygens (including phenoxy) is 1. The molecule has 1 aromatic heterocycles. The highest BCUT2D eigenvalue weighted by atomic mass is 32.2. The first-order chi connectivity index (χ1) is 13.5. The molecule has 2 aromatic carbocycles. The lowest BCUT2D eigenvalue weighted by Crippen LogP contribution is -2.05. The number of rotatable bonds is 5. The maximum atomic E-state index is 11.6. The van der Waals surface area contributed by atoms with Gasteiger partial charge in [-0.25, -0.2) is 4.21 Å². The summed E-state index contributed by atoms with van der Waals surface area (Å²) in [6.07, 6.45) is 1.25. The second-order valence-electron chi connectivity index (χ2n) is 6.30. The molecule has 0 bridgehead atoms. The molecule has 1 N–H and O–H groups in total. The van der Waals surface area contributed by atoms with E-state index in [1.165, 1.54) is 6.42 Å². The first kappa shape index (κ1) is 21.5. The molecular formula is C22H27N3O2S. The molecule has 0 spiro atoms. The monoisotopic (exact) mass is 397 g/mol. The van der Waals surface area contributed by atoms with Crippen LogP contribution in [-0.2, 0) is 18.0 Å². The Morgan fingerprint density at radius 2 is 1.79 bits per heavy atom. The number of hydrogen-bond donors (Lipinski definition) is 1. The summed E-state index contributed by atoms with van der Waals surface area (Å²) >= 11 is 0. The molecule has 0 aliphatic heterocycles. The first-order valence-corrected chi connectivity index (χ1v) is 10.6. The number of aryl methyl sites for hydroxylation is 1. The van der Waals surface area contributed by atoms with Crippen LogP contribution < -0.4 is 9.46 Å². The van der Waals surface area contributed by atoms with E-state index in [0.29, 0.717) is 11.3 Å². The first-order valence-electron chi connectivity index (χ1n) is 9.32. The van der Waals surface area contributed by atoms with Gasteiger partial charge in [0, 0.05) is 29.9 Å². The maximum Gasteiger partial charge on any atom is 0.120 e. The highest BCUT2D eigenvalue weighted by Gasteiger charge is 2.17. The second-order valence-corrected chi connectivity index (χ2v) is 7.77. The molecule has 28 heavy (non-hydrogen) atoms. The standard InChI is InChI=1S/C19H19N3O2S.C3H8/c1-4-25(23)21-14-7-5-13(6-8-14)19-17(12-20)16-10-9-15(24-3)11-18(16)22(19)2;1-3-2/h5-11,21H,4H2,1-3H3;3H2,1-2H3. The van der Waals surface area contributed by atoms with Gasteiger partial charge in [-0.15, -0.1) is 0 Å². The number of benzene rings is 2. The van der Waals surface area contributed by atoms with Crippen molar-refractivity contribution in [3.8, 4) is 23.1 Å². The molecule has 0 saturated heterocycles. The van der Waals surface area contributed by atoms with Crippen LogP contribution in [0.3, 0.4) is 0 Å². The van der Waals surface area contributed by atoms with E-state index in [2.05, 4.69) is 24.6 Å². The summed E-state index contributed by atoms with van der Waals surface area (Å²) in [5.41, 5.74) is 4.16. The lowest BCUT2D eigenvalue weighted by Gasteiger charge is -2.08. The Morgan fingerprint density at radius 1 is 1.14 bits per heavy atom. The minimum absolute atomic E-state index is 0.547. The molecule has 3 aromatic rings. The zero-order chi connectivity index (χ0) is 20.7. The Kier molecular flexibility index (Phi) is 7.65. The molecule has 5 nitrogen and oxygen atoms in total. The van der Waals surface area contributed by atoms with Crippen LogP contribution in [0.15, 0.2) is 42.5 Å². The van der Waals surface area contributed by atoms with E-state index in [-0.39, 0.29) is 0 Å². The van der Waals surface area contributed by atoms with E-state index in [1.54, 1.807) is 7.11 Å². The van der Waals surface area contributed by atoms with E-state index in [1.807, 2.05) is 61.0 Å². The van der Waals surface area contributed by atoms with Crippen molar-refractivity contribution in [2.75, 3.05) is 17.6 Å². The summed E-state index contributed by atoms with van der Waals surface area (Å²) in [6.45, 7) is 6.11. The third kappa shape index (κ3) is 4.55. The highest BCUT2D eigenvalue weighted by molar-refractivity contribution is 7.86. The number of methoxy groups -OCH3 is 1. The summed E-state index contributed by atoms with van der Waals surface area (Å²) in [4.78, 5) is 0. The summed E-state index contributed by atoms with van der Waals surface area (Å²) in [5.74, 6) is 1.30. The molecule has 0 fully saturated rings. The molecule has 148 valence electrons. The second kappa shape index (κ2) is 9.95. The molecule has 0 aliphatic rings. The largest absolute Gasteiger partial charge is 0.497 e. The molecule has 0 amide bonds. The Bertz CT molecular complexity index is 1000. The van der Waals surface area contributed by atoms with Crippen molar-refractivity contribution in [3.05, 3.63) is 48.0 Å². The van der Waals surface area contributed by atoms with Crippen molar-refractivity contribution in [1.82, 2.24) is 4.57 Å². The van der Waals surface area contributed by atoms with Crippen LogP contribution in [0.4, 0.5) is 5.69 Å². The van der Waals surface area contributed by atoms with Crippen molar-refractivity contribution in [1.29, 1.82) is 5.26 Å². The number of nitrogens with zero attached hydrogens (tertiary/aromatic N) is 2. The van der Waals surface area contributed by atoms with E-state index in [9.17, 15) is 9.47 Å². The number of anilines is 1. The molecule has 1 unspecified atom stereocenters. The van der Waals surface area contributed by atoms with Crippen molar-refractivity contribution < 1.29 is 8.95 Å². The minimum Gasteiger partial charge on any atom is -0.497 e. The Hall–Kier alpha value is -2.78. The Morgan fingerprint density at radius 3 is 2.32 bits per heavy atom. The van der Waals surface area contributed by atoms with Gasteiger partial charge >= 0.3 is 0 Å². The van der Waals surface area contributed by atoms with Gasteiger partial charge < -0.3 is 14.0 Å². The predicted octanol–water partition coefficient (Wildman–Crippen LogP) is 5.24. The summed E-state index contributed by atoms with van der Waals surface area (Å²) < 4.78 is 21.8. The van der Waals surface area contributed by atoms with Crippen molar-refractivity contribution in [2.24, 2.45) is 7.05 Å². The smallest absolute Gasteiger partial charge is 0.120 e. The SMILES string of the molecule is CCC.CCS(=O)Nc1ccc(-c2c(C#N)c3ccc(OC)cc3n2C)cc1. The van der Waals surface area contributed by atoms with Gasteiger partial charge in [-0.05, 0) is 29.8 Å². The van der Waals surface area contributed by atoms with Crippen LogP contribution in [0, 0.1) is 11.3 Å². The van der Waals surface area contributed by atoms with E-state index < -0.39 is 11.0 Å². The van der Waals surface area contributed by atoms with Gasteiger partial charge in [0.1, 0.15) is 22.8 Å². The summed E-state index contributed by atoms with van der Waals surface area (Å²) in [7, 11) is 2.49. The van der Waals surface area contributed by atoms with Crippen molar-refractivity contribution >= 4 is 27.6 Å². The van der Waals surface area contributed by atoms with Crippen LogP contribution in [0.1, 0.15) is 32.8 Å². The molecule has 1 atom stereocenters. The van der Waals surface area contributed by atoms with E-state index in [0.717, 1.165) is 33.6 Å². The van der Waals surface area contributed by atoms with Gasteiger partial charge in [-0.3, -0.25) is 0 Å². The number of nitrogens with one attached hydrogen (secondary N) is 1. The molecule has 0 radical (unpaired) electrons. The molecule has 0 aliphatic carbocycles. The average molecular weight is 398 g/mol. The summed E-state index contributed by atoms with van der Waals surface area (Å²) in [6, 6.07) is 15.6. The van der Waals surface area contributed by atoms with Gasteiger partial charge in [-0.1, -0.05) is 39.3 Å². The number of hydrogen-bond acceptors (Lipinski definition) is 3. The number of aromatic nitrogens is 1. The quantitative estimate of drug-likeness (QED) is 0.640. The lowest BCUT2D eigenvalue weighted by molar-refractivity contribution is 0.415. The predicted molar refractivity (Wildman–Crippen MR) is 118 cm³/mol. The number of fused-ring (bicyclic) bond motifs is 1. The van der Waals surface area contributed by atoms with Gasteiger partial charge in [0.15, 0.2) is 0 Å². The minimum atomic E-state index is -1.08. The van der Waals surface area contributed by atoms with E-state index >= 15 is 0 Å². The summed E-state index contributed by atoms with van der Waals surface area (Å²) in [5, 5.41) is 10.6. The van der Waals surface area contributed by atoms with E-state index in [4.69, 9.17) is 4.74 Å².